The molecule has 0 unspecified atom stereocenters. The minimum atomic E-state index is 0.539. The van der Waals surface area contributed by atoms with E-state index in [9.17, 15) is 0 Å². The highest BCUT2D eigenvalue weighted by Crippen LogP contribution is 2.45. The van der Waals surface area contributed by atoms with Gasteiger partial charge in [-0.25, -0.2) is 29.9 Å². The van der Waals surface area contributed by atoms with Crippen LogP contribution in [0.25, 0.3) is 214 Å². The van der Waals surface area contributed by atoms with Crippen LogP contribution < -0.4 is 0 Å². The molecule has 0 aliphatic heterocycles. The summed E-state index contributed by atoms with van der Waals surface area (Å²) in [6.45, 7) is 0. The van der Waals surface area contributed by atoms with Gasteiger partial charge in [-0.3, -0.25) is 4.57 Å². The molecule has 0 fully saturated rings. The largest absolute Gasteiger partial charge is 0.455 e. The third-order valence-corrected chi connectivity index (χ3v) is 21.9. The Kier molecular flexibility index (Phi) is 14.3. The first-order valence-electron chi connectivity index (χ1n) is 34.9. The highest BCUT2D eigenvalue weighted by molar-refractivity contribution is 7.22. The molecule has 0 saturated heterocycles. The van der Waals surface area contributed by atoms with Gasteiger partial charge in [0, 0.05) is 87.6 Å². The van der Waals surface area contributed by atoms with Crippen LogP contribution in [0.4, 0.5) is 0 Å². The average Bonchev–Trinajstić information content (AvgIpc) is 1.58. The molecular formula is C92H53N9O3S2. The summed E-state index contributed by atoms with van der Waals surface area (Å²) >= 11 is 3.41. The number of fused-ring (bicyclic) bond motifs is 14. The Labute approximate surface area is 612 Å². The van der Waals surface area contributed by atoms with Crippen molar-refractivity contribution < 1.29 is 13.3 Å². The molecule has 0 saturated carbocycles. The van der Waals surface area contributed by atoms with E-state index in [1.165, 1.54) is 9.40 Å². The first kappa shape index (κ1) is 60.8. The molecule has 8 heterocycles. The van der Waals surface area contributed by atoms with Crippen molar-refractivity contribution >= 4 is 131 Å². The van der Waals surface area contributed by atoms with Gasteiger partial charge in [-0.2, -0.15) is 9.97 Å². The van der Waals surface area contributed by atoms with Crippen molar-refractivity contribution in [1.82, 2.24) is 44.4 Å². The monoisotopic (exact) mass is 1400 g/mol. The molecule has 14 aromatic carbocycles. The third kappa shape index (κ3) is 10.3. The molecular weight excluding hydrogens is 1340 g/mol. The summed E-state index contributed by atoms with van der Waals surface area (Å²) in [5, 5.41) is 10.3. The van der Waals surface area contributed by atoms with E-state index < -0.39 is 0 Å². The van der Waals surface area contributed by atoms with Crippen molar-refractivity contribution in [3.63, 3.8) is 0 Å². The lowest BCUT2D eigenvalue weighted by molar-refractivity contribution is 0.669. The van der Waals surface area contributed by atoms with Crippen molar-refractivity contribution in [2.75, 3.05) is 0 Å². The second-order valence-electron chi connectivity index (χ2n) is 26.0. The smallest absolute Gasteiger partial charge is 0.238 e. The van der Waals surface area contributed by atoms with Gasteiger partial charge in [0.05, 0.1) is 37.0 Å². The fraction of sp³-hybridized carbons (Fsp3) is 0. The molecule has 0 aliphatic carbocycles. The predicted molar refractivity (Wildman–Crippen MR) is 431 cm³/mol. The van der Waals surface area contributed by atoms with Gasteiger partial charge in [-0.15, -0.1) is 22.7 Å². The van der Waals surface area contributed by atoms with Crippen LogP contribution in [-0.2, 0) is 0 Å². The number of hydrogen-bond donors (Lipinski definition) is 0. The Balaban J connectivity index is 0.000000136. The molecule has 22 rings (SSSR count). The van der Waals surface area contributed by atoms with Gasteiger partial charge in [-0.05, 0) is 77.9 Å². The molecule has 0 amide bonds. The molecule has 0 radical (unpaired) electrons. The first-order chi connectivity index (χ1) is 52.5. The van der Waals surface area contributed by atoms with E-state index in [0.717, 1.165) is 170 Å². The van der Waals surface area contributed by atoms with Crippen LogP contribution in [0.1, 0.15) is 0 Å². The predicted octanol–water partition coefficient (Wildman–Crippen LogP) is 24.8. The number of rotatable bonds is 10. The lowest BCUT2D eigenvalue weighted by Gasteiger charge is -2.11. The maximum Gasteiger partial charge on any atom is 0.238 e. The number of benzene rings is 14. The summed E-state index contributed by atoms with van der Waals surface area (Å²) in [7, 11) is 0. The summed E-state index contributed by atoms with van der Waals surface area (Å²) < 4.78 is 24.3. The van der Waals surface area contributed by atoms with Crippen LogP contribution in [0.3, 0.4) is 0 Å². The summed E-state index contributed by atoms with van der Waals surface area (Å²) in [5.41, 5.74) is 19.5. The Morgan fingerprint density at radius 1 is 0.236 bits per heavy atom. The van der Waals surface area contributed by atoms with E-state index in [2.05, 4.69) is 199 Å². The standard InChI is InChI=1S/C46H27N5OS.C46H26N4O2S/c1-2-13-28(14-3-1)43-48-44(50-46(49-43)51-37-23-7-4-17-32(37)33-18-5-8-24-38(33)51)35-21-12-25-39-41(35)34-20-11-19-31(42(34)52-39)29-15-10-16-30(27-29)45-47-36-22-6-9-26-40(36)53-45;1-2-11-28(12-3-1)43-48-44(50-45(49-43)35-18-9-15-32-31-13-4-6-20-37(31)51-42(32)35)34-17-10-21-38-40(34)33-16-8-14-30(41(33)52-38)27-23-25-29(26-24-27)46-47-36-19-5-7-22-39(36)53-46/h1-27H;1-26H. The van der Waals surface area contributed by atoms with E-state index in [-0.39, 0.29) is 0 Å². The normalized spacial score (nSPS) is 11.8. The fourth-order valence-corrected chi connectivity index (χ4v) is 16.8. The van der Waals surface area contributed by atoms with Gasteiger partial charge in [-0.1, -0.05) is 255 Å². The Bertz CT molecular complexity index is 7120. The van der Waals surface area contributed by atoms with E-state index >= 15 is 0 Å². The maximum atomic E-state index is 6.74. The molecule has 0 bridgehead atoms. The minimum absolute atomic E-state index is 0.539. The van der Waals surface area contributed by atoms with E-state index in [0.29, 0.717) is 35.1 Å². The van der Waals surface area contributed by atoms with Gasteiger partial charge in [0.1, 0.15) is 43.5 Å². The van der Waals surface area contributed by atoms with E-state index in [4.69, 9.17) is 53.1 Å². The molecule has 8 aromatic heterocycles. The van der Waals surface area contributed by atoms with Gasteiger partial charge in [0.15, 0.2) is 29.1 Å². The molecule has 496 valence electrons. The van der Waals surface area contributed by atoms with Gasteiger partial charge in [0.25, 0.3) is 0 Å². The SMILES string of the molecule is c1ccc(-c2nc(-c3cccc4c3oc3ccccc34)nc(-c3cccc4oc5c(-c6ccc(-c7nc8ccccc8s7)cc6)cccc5c34)n2)cc1.c1ccc(-c2nc(-c3cccc4oc5c(-c6cccc(-c7nc8ccccc8s7)c6)cccc5c34)nc(-n3c4ccccc4c4ccccc43)n2)cc1. The highest BCUT2D eigenvalue weighted by atomic mass is 32.1. The number of nitrogens with zero attached hydrogens (tertiary/aromatic N) is 9. The lowest BCUT2D eigenvalue weighted by atomic mass is 9.99. The molecule has 0 N–H and O–H groups in total. The maximum absolute atomic E-state index is 6.74. The number of furan rings is 3. The molecule has 12 nitrogen and oxygen atoms in total. The molecule has 0 aliphatic rings. The minimum Gasteiger partial charge on any atom is -0.455 e. The van der Waals surface area contributed by atoms with Crippen LogP contribution in [-0.4, -0.2) is 44.4 Å². The third-order valence-electron chi connectivity index (χ3n) is 19.7. The van der Waals surface area contributed by atoms with Crippen molar-refractivity contribution in [2.45, 2.75) is 0 Å². The van der Waals surface area contributed by atoms with Gasteiger partial charge in [0.2, 0.25) is 5.95 Å². The van der Waals surface area contributed by atoms with Crippen LogP contribution in [0.2, 0.25) is 0 Å². The quantitative estimate of drug-likeness (QED) is 0.129. The number of para-hydroxylation sites is 8. The number of aromatic nitrogens is 9. The Morgan fingerprint density at radius 2 is 0.623 bits per heavy atom. The summed E-state index contributed by atoms with van der Waals surface area (Å²) in [4.78, 5) is 40.6. The average molecular weight is 1400 g/mol. The van der Waals surface area contributed by atoms with Gasteiger partial charge < -0.3 is 13.3 Å². The summed E-state index contributed by atoms with van der Waals surface area (Å²) in [6.07, 6.45) is 0. The fourth-order valence-electron chi connectivity index (χ4n) is 14.8. The highest BCUT2D eigenvalue weighted by Gasteiger charge is 2.25. The summed E-state index contributed by atoms with van der Waals surface area (Å²) in [6, 6.07) is 110. The van der Waals surface area contributed by atoms with Crippen LogP contribution in [0.15, 0.2) is 335 Å². The Hall–Kier alpha value is -13.9. The van der Waals surface area contributed by atoms with E-state index in [1.807, 2.05) is 127 Å². The topological polar surface area (TPSA) is 147 Å². The second kappa shape index (κ2) is 25.0. The van der Waals surface area contributed by atoms with Crippen molar-refractivity contribution in [2.24, 2.45) is 0 Å². The summed E-state index contributed by atoms with van der Waals surface area (Å²) in [5.74, 6) is 3.41. The van der Waals surface area contributed by atoms with Gasteiger partial charge >= 0.3 is 0 Å². The zero-order chi connectivity index (χ0) is 69.8. The second-order valence-corrected chi connectivity index (χ2v) is 28.1. The molecule has 106 heavy (non-hydrogen) atoms. The van der Waals surface area contributed by atoms with Crippen molar-refractivity contribution in [1.29, 1.82) is 0 Å². The zero-order valence-corrected chi connectivity index (χ0v) is 57.8. The van der Waals surface area contributed by atoms with Crippen LogP contribution in [0, 0.1) is 0 Å². The van der Waals surface area contributed by atoms with Crippen molar-refractivity contribution in [3.05, 3.63) is 322 Å². The Morgan fingerprint density at radius 3 is 1.24 bits per heavy atom. The van der Waals surface area contributed by atoms with E-state index in [1.54, 1.807) is 22.7 Å². The van der Waals surface area contributed by atoms with Crippen LogP contribution in [0.5, 0.6) is 0 Å². The lowest BCUT2D eigenvalue weighted by Crippen LogP contribution is -2.06. The van der Waals surface area contributed by atoms with Crippen molar-refractivity contribution in [3.8, 4) is 106 Å². The molecule has 0 atom stereocenters. The first-order valence-corrected chi connectivity index (χ1v) is 36.5. The van der Waals surface area contributed by atoms with Crippen LogP contribution >= 0.6 is 22.7 Å². The number of hydrogen-bond acceptors (Lipinski definition) is 13. The zero-order valence-electron chi connectivity index (χ0n) is 56.2. The molecule has 0 spiro atoms. The molecule has 22 aromatic rings. The number of thiazole rings is 2. The molecule has 14 heteroatoms.